The number of halogens is 1. The average Bonchev–Trinajstić information content (AvgIpc) is 2.15. The molecule has 2 unspecified atom stereocenters. The maximum Gasteiger partial charge on any atom is 0.186 e. The molecule has 0 amide bonds. The quantitative estimate of drug-likeness (QED) is 0.453. The molecule has 0 radical (unpaired) electrons. The van der Waals surface area contributed by atoms with E-state index in [4.69, 9.17) is 0 Å². The van der Waals surface area contributed by atoms with Crippen LogP contribution in [0.15, 0.2) is 24.5 Å². The van der Waals surface area contributed by atoms with Gasteiger partial charge in [0.25, 0.3) is 0 Å². The Labute approximate surface area is 84.2 Å². The molecule has 1 aromatic rings. The van der Waals surface area contributed by atoms with Gasteiger partial charge >= 0.3 is 0 Å². The predicted molar refractivity (Wildman–Crippen MR) is 50.2 cm³/mol. The number of hydrogen-bond acceptors (Lipinski definition) is 3. The minimum Gasteiger partial charge on any atom is -0.619 e. The predicted octanol–water partition coefficient (Wildman–Crippen LogP) is 0.109. The van der Waals surface area contributed by atoms with Crippen molar-refractivity contribution >= 4 is 15.9 Å². The Hall–Kier alpha value is -0.650. The lowest BCUT2D eigenvalue weighted by molar-refractivity contribution is -0.606. The normalized spacial score (nSPS) is 15.3. The zero-order valence-electron chi connectivity index (χ0n) is 6.80. The molecule has 0 spiro atoms. The van der Waals surface area contributed by atoms with E-state index in [0.717, 1.165) is 0 Å². The molecule has 72 valence electrons. The van der Waals surface area contributed by atoms with Crippen molar-refractivity contribution in [1.82, 2.24) is 0 Å². The van der Waals surface area contributed by atoms with Crippen LogP contribution in [0.4, 0.5) is 0 Å². The van der Waals surface area contributed by atoms with Crippen LogP contribution in [0, 0.1) is 5.21 Å². The van der Waals surface area contributed by atoms with Gasteiger partial charge in [-0.3, -0.25) is 0 Å². The van der Waals surface area contributed by atoms with Gasteiger partial charge in [0, 0.05) is 17.0 Å². The molecule has 0 aliphatic heterocycles. The monoisotopic (exact) mass is 247 g/mol. The molecule has 1 rings (SSSR count). The van der Waals surface area contributed by atoms with E-state index in [-0.39, 0.29) is 5.33 Å². The fraction of sp³-hybridized carbons (Fsp3) is 0.375. The van der Waals surface area contributed by atoms with Crippen molar-refractivity contribution < 1.29 is 14.9 Å². The van der Waals surface area contributed by atoms with E-state index in [0.29, 0.717) is 10.3 Å². The Morgan fingerprint density at radius 3 is 2.77 bits per heavy atom. The summed E-state index contributed by atoms with van der Waals surface area (Å²) in [6.07, 6.45) is 0.621. The van der Waals surface area contributed by atoms with Crippen molar-refractivity contribution in [2.24, 2.45) is 0 Å². The molecule has 0 saturated heterocycles. The van der Waals surface area contributed by atoms with Crippen molar-refractivity contribution in [2.75, 3.05) is 5.33 Å². The van der Waals surface area contributed by atoms with Crippen LogP contribution in [0.2, 0.25) is 0 Å². The first-order valence-electron chi connectivity index (χ1n) is 3.76. The van der Waals surface area contributed by atoms with Crippen LogP contribution in [0.3, 0.4) is 0 Å². The minimum absolute atomic E-state index is 0.266. The summed E-state index contributed by atoms with van der Waals surface area (Å²) in [7, 11) is 0. The van der Waals surface area contributed by atoms with Crippen LogP contribution in [0.25, 0.3) is 0 Å². The molecule has 5 heteroatoms. The van der Waals surface area contributed by atoms with Gasteiger partial charge < -0.3 is 15.4 Å². The van der Waals surface area contributed by atoms with Gasteiger partial charge in [0.1, 0.15) is 6.10 Å². The molecule has 1 aromatic heterocycles. The first kappa shape index (κ1) is 10.4. The number of rotatable bonds is 3. The Morgan fingerprint density at radius 1 is 1.54 bits per heavy atom. The Balaban J connectivity index is 2.82. The largest absolute Gasteiger partial charge is 0.619 e. The van der Waals surface area contributed by atoms with Gasteiger partial charge in [-0.05, 0) is 6.07 Å². The lowest BCUT2D eigenvalue weighted by Crippen LogP contribution is -2.28. The lowest BCUT2D eigenvalue weighted by Gasteiger charge is -2.14. The molecule has 0 bridgehead atoms. The van der Waals surface area contributed by atoms with Crippen molar-refractivity contribution in [1.29, 1.82) is 0 Å². The second-order valence-corrected chi connectivity index (χ2v) is 3.31. The van der Waals surface area contributed by atoms with Gasteiger partial charge in [-0.15, -0.1) is 0 Å². The van der Waals surface area contributed by atoms with Crippen LogP contribution < -0.4 is 4.73 Å². The van der Waals surface area contributed by atoms with Crippen LogP contribution in [-0.4, -0.2) is 21.6 Å². The summed E-state index contributed by atoms with van der Waals surface area (Å²) >= 11 is 3.04. The molecule has 2 atom stereocenters. The third kappa shape index (κ3) is 2.65. The summed E-state index contributed by atoms with van der Waals surface area (Å²) in [5, 5.41) is 29.8. The zero-order chi connectivity index (χ0) is 9.84. The highest BCUT2D eigenvalue weighted by molar-refractivity contribution is 9.09. The summed E-state index contributed by atoms with van der Waals surface area (Å²) in [6.45, 7) is 0. The van der Waals surface area contributed by atoms with Crippen molar-refractivity contribution in [3.05, 3.63) is 35.3 Å². The SMILES string of the molecule is [O-][n+]1cccc(C(O)C(O)CBr)c1. The third-order valence-corrected chi connectivity index (χ3v) is 2.33. The first-order valence-corrected chi connectivity index (χ1v) is 4.88. The van der Waals surface area contributed by atoms with Crippen LogP contribution in [0.5, 0.6) is 0 Å². The molecule has 0 saturated carbocycles. The Morgan fingerprint density at radius 2 is 2.23 bits per heavy atom. The molecule has 0 aliphatic rings. The van der Waals surface area contributed by atoms with E-state index >= 15 is 0 Å². The second-order valence-electron chi connectivity index (χ2n) is 2.66. The Bertz CT molecular complexity index is 282. The molecule has 0 fully saturated rings. The summed E-state index contributed by atoms with van der Waals surface area (Å²) in [5.74, 6) is 0. The number of pyridine rings is 1. The molecule has 0 aromatic carbocycles. The third-order valence-electron chi connectivity index (χ3n) is 1.66. The smallest absolute Gasteiger partial charge is 0.186 e. The highest BCUT2D eigenvalue weighted by Gasteiger charge is 2.18. The van der Waals surface area contributed by atoms with E-state index < -0.39 is 12.2 Å². The summed E-state index contributed by atoms with van der Waals surface area (Å²) in [5.41, 5.74) is 0.407. The van der Waals surface area contributed by atoms with E-state index in [1.54, 1.807) is 6.07 Å². The summed E-state index contributed by atoms with van der Waals surface area (Å²) in [4.78, 5) is 0. The second kappa shape index (κ2) is 4.55. The topological polar surface area (TPSA) is 67.4 Å². The fourth-order valence-corrected chi connectivity index (χ4v) is 1.31. The van der Waals surface area contributed by atoms with Gasteiger partial charge in [0.05, 0.1) is 6.10 Å². The van der Waals surface area contributed by atoms with Gasteiger partial charge in [-0.25, -0.2) is 0 Å². The number of aliphatic hydroxyl groups excluding tert-OH is 2. The van der Waals surface area contributed by atoms with E-state index in [2.05, 4.69) is 15.9 Å². The maximum absolute atomic E-state index is 10.8. The standard InChI is InChI=1S/C8H10BrNO3/c9-4-7(11)8(12)6-2-1-3-10(13)5-6/h1-3,5,7-8,11-12H,4H2. The van der Waals surface area contributed by atoms with Crippen molar-refractivity contribution in [3.63, 3.8) is 0 Å². The molecule has 0 aliphatic carbocycles. The van der Waals surface area contributed by atoms with E-state index in [1.165, 1.54) is 18.5 Å². The molecular formula is C8H10BrNO3. The maximum atomic E-state index is 10.8. The molecule has 13 heavy (non-hydrogen) atoms. The highest BCUT2D eigenvalue weighted by Crippen LogP contribution is 2.15. The molecule has 1 heterocycles. The van der Waals surface area contributed by atoms with Gasteiger partial charge in [0.2, 0.25) is 0 Å². The fourth-order valence-electron chi connectivity index (χ4n) is 0.953. The number of hydrogen-bond donors (Lipinski definition) is 2. The van der Waals surface area contributed by atoms with E-state index in [9.17, 15) is 15.4 Å². The van der Waals surface area contributed by atoms with Crippen LogP contribution in [-0.2, 0) is 0 Å². The van der Waals surface area contributed by atoms with Gasteiger partial charge in [0.15, 0.2) is 12.4 Å². The van der Waals surface area contributed by atoms with Gasteiger partial charge in [-0.2, -0.15) is 4.73 Å². The average molecular weight is 248 g/mol. The lowest BCUT2D eigenvalue weighted by atomic mass is 10.1. The van der Waals surface area contributed by atoms with Gasteiger partial charge in [-0.1, -0.05) is 15.9 Å². The Kier molecular flexibility index (Phi) is 3.65. The first-order chi connectivity index (χ1) is 6.15. The summed E-state index contributed by atoms with van der Waals surface area (Å²) in [6, 6.07) is 3.11. The highest BCUT2D eigenvalue weighted by atomic mass is 79.9. The minimum atomic E-state index is -1.03. The van der Waals surface area contributed by atoms with Crippen molar-refractivity contribution in [2.45, 2.75) is 12.2 Å². The number of nitrogens with zero attached hydrogens (tertiary/aromatic N) is 1. The molecule has 2 N–H and O–H groups in total. The number of alkyl halides is 1. The van der Waals surface area contributed by atoms with Crippen LogP contribution in [0.1, 0.15) is 11.7 Å². The van der Waals surface area contributed by atoms with Crippen molar-refractivity contribution in [3.8, 4) is 0 Å². The number of aliphatic hydroxyl groups is 2. The summed E-state index contributed by atoms with van der Waals surface area (Å²) < 4.78 is 0.583. The van der Waals surface area contributed by atoms with E-state index in [1.807, 2.05) is 0 Å². The molecular weight excluding hydrogens is 238 g/mol. The number of aromatic nitrogens is 1. The molecule has 4 nitrogen and oxygen atoms in total. The van der Waals surface area contributed by atoms with Crippen LogP contribution >= 0.6 is 15.9 Å². The zero-order valence-corrected chi connectivity index (χ0v) is 8.39.